The minimum Gasteiger partial charge on any atom is -0.373 e. The van der Waals surface area contributed by atoms with Crippen molar-refractivity contribution in [2.45, 2.75) is 0 Å². The quantitative estimate of drug-likeness (QED) is 0.908. The van der Waals surface area contributed by atoms with Crippen LogP contribution in [0.2, 0.25) is 10.0 Å². The molecule has 0 saturated heterocycles. The van der Waals surface area contributed by atoms with Crippen LogP contribution in [0.25, 0.3) is 0 Å². The summed E-state index contributed by atoms with van der Waals surface area (Å²) in [5.41, 5.74) is 0.956. The molecule has 1 aromatic carbocycles. The summed E-state index contributed by atoms with van der Waals surface area (Å²) in [6.07, 6.45) is 1.56. The molecule has 0 fully saturated rings. The Morgan fingerprint density at radius 1 is 1.26 bits per heavy atom. The van der Waals surface area contributed by atoms with Crippen molar-refractivity contribution in [3.63, 3.8) is 0 Å². The zero-order valence-electron chi connectivity index (χ0n) is 10.1. The van der Waals surface area contributed by atoms with Crippen molar-refractivity contribution >= 4 is 40.6 Å². The highest BCUT2D eigenvalue weighted by atomic mass is 35.5. The molecule has 2 aromatic rings. The van der Waals surface area contributed by atoms with Gasteiger partial charge in [-0.15, -0.1) is 0 Å². The summed E-state index contributed by atoms with van der Waals surface area (Å²) in [5, 5.41) is 6.29. The SMILES string of the molecule is CNc1cc(C(=O)Nc2cccc(Cl)c2Cl)ccn1. The highest BCUT2D eigenvalue weighted by Gasteiger charge is 2.10. The van der Waals surface area contributed by atoms with Gasteiger partial charge in [0.25, 0.3) is 5.91 Å². The molecule has 19 heavy (non-hydrogen) atoms. The topological polar surface area (TPSA) is 54.0 Å². The molecule has 0 atom stereocenters. The number of anilines is 2. The van der Waals surface area contributed by atoms with E-state index in [-0.39, 0.29) is 5.91 Å². The summed E-state index contributed by atoms with van der Waals surface area (Å²) in [6, 6.07) is 8.33. The van der Waals surface area contributed by atoms with Crippen molar-refractivity contribution in [2.24, 2.45) is 0 Å². The lowest BCUT2D eigenvalue weighted by Gasteiger charge is -2.08. The number of benzene rings is 1. The van der Waals surface area contributed by atoms with E-state index >= 15 is 0 Å². The van der Waals surface area contributed by atoms with Crippen molar-refractivity contribution in [1.82, 2.24) is 4.98 Å². The summed E-state index contributed by atoms with van der Waals surface area (Å²) in [6.45, 7) is 0. The lowest BCUT2D eigenvalue weighted by Crippen LogP contribution is -2.12. The normalized spacial score (nSPS) is 10.1. The number of carbonyl (C=O) groups is 1. The molecule has 1 heterocycles. The number of nitrogens with zero attached hydrogens (tertiary/aromatic N) is 1. The van der Waals surface area contributed by atoms with Crippen LogP contribution in [-0.2, 0) is 0 Å². The number of pyridine rings is 1. The standard InChI is InChI=1S/C13H11Cl2N3O/c1-16-11-7-8(5-6-17-11)13(19)18-10-4-2-3-9(14)12(10)15/h2-7H,1H3,(H,16,17)(H,18,19). The molecule has 2 N–H and O–H groups in total. The number of rotatable bonds is 3. The van der Waals surface area contributed by atoms with Gasteiger partial charge in [-0.25, -0.2) is 4.98 Å². The molecule has 0 saturated carbocycles. The predicted molar refractivity (Wildman–Crippen MR) is 78.2 cm³/mol. The maximum atomic E-state index is 12.1. The Labute approximate surface area is 120 Å². The van der Waals surface area contributed by atoms with Crippen LogP contribution in [0.1, 0.15) is 10.4 Å². The maximum Gasteiger partial charge on any atom is 0.255 e. The Kier molecular flexibility index (Phi) is 4.24. The second kappa shape index (κ2) is 5.91. The van der Waals surface area contributed by atoms with Crippen LogP contribution < -0.4 is 10.6 Å². The lowest BCUT2D eigenvalue weighted by atomic mass is 10.2. The predicted octanol–water partition coefficient (Wildman–Crippen LogP) is 3.68. The van der Waals surface area contributed by atoms with Gasteiger partial charge in [0.05, 0.1) is 15.7 Å². The van der Waals surface area contributed by atoms with Crippen molar-refractivity contribution in [3.05, 3.63) is 52.1 Å². The number of hydrogen-bond donors (Lipinski definition) is 2. The Balaban J connectivity index is 2.23. The average molecular weight is 296 g/mol. The molecule has 0 aliphatic heterocycles. The summed E-state index contributed by atoms with van der Waals surface area (Å²) in [5.74, 6) is 0.341. The van der Waals surface area contributed by atoms with Gasteiger partial charge < -0.3 is 10.6 Å². The largest absolute Gasteiger partial charge is 0.373 e. The van der Waals surface area contributed by atoms with Crippen LogP contribution in [0.5, 0.6) is 0 Å². The summed E-state index contributed by atoms with van der Waals surface area (Å²) >= 11 is 11.9. The highest BCUT2D eigenvalue weighted by Crippen LogP contribution is 2.29. The first kappa shape index (κ1) is 13.6. The summed E-state index contributed by atoms with van der Waals surface area (Å²) < 4.78 is 0. The first-order chi connectivity index (χ1) is 9.11. The summed E-state index contributed by atoms with van der Waals surface area (Å²) in [7, 11) is 1.73. The first-order valence-electron chi connectivity index (χ1n) is 5.51. The zero-order chi connectivity index (χ0) is 13.8. The molecule has 0 unspecified atom stereocenters. The van der Waals surface area contributed by atoms with Gasteiger partial charge in [0.2, 0.25) is 0 Å². The van der Waals surface area contributed by atoms with E-state index in [9.17, 15) is 4.79 Å². The van der Waals surface area contributed by atoms with Gasteiger partial charge in [0, 0.05) is 18.8 Å². The monoisotopic (exact) mass is 295 g/mol. The molecule has 0 aliphatic carbocycles. The fourth-order valence-corrected chi connectivity index (χ4v) is 1.85. The molecule has 6 heteroatoms. The second-order valence-corrected chi connectivity index (χ2v) is 4.52. The third kappa shape index (κ3) is 3.16. The van der Waals surface area contributed by atoms with Crippen LogP contribution in [-0.4, -0.2) is 17.9 Å². The third-order valence-corrected chi connectivity index (χ3v) is 3.30. The van der Waals surface area contributed by atoms with E-state index in [2.05, 4.69) is 15.6 Å². The Hall–Kier alpha value is -1.78. The van der Waals surface area contributed by atoms with E-state index in [1.54, 1.807) is 43.6 Å². The van der Waals surface area contributed by atoms with Gasteiger partial charge in [-0.05, 0) is 24.3 Å². The molecular weight excluding hydrogens is 285 g/mol. The minimum atomic E-state index is -0.275. The molecule has 0 bridgehead atoms. The van der Waals surface area contributed by atoms with E-state index in [1.807, 2.05) is 0 Å². The van der Waals surface area contributed by atoms with E-state index in [4.69, 9.17) is 23.2 Å². The molecular formula is C13H11Cl2N3O. The van der Waals surface area contributed by atoms with Crippen molar-refractivity contribution in [1.29, 1.82) is 0 Å². The van der Waals surface area contributed by atoms with Gasteiger partial charge in [-0.3, -0.25) is 4.79 Å². The van der Waals surface area contributed by atoms with Gasteiger partial charge in [0.15, 0.2) is 0 Å². The van der Waals surface area contributed by atoms with Crippen molar-refractivity contribution < 1.29 is 4.79 Å². The van der Waals surface area contributed by atoms with Gasteiger partial charge in [0.1, 0.15) is 5.82 Å². The van der Waals surface area contributed by atoms with E-state index in [0.717, 1.165) is 0 Å². The van der Waals surface area contributed by atoms with E-state index in [0.29, 0.717) is 27.1 Å². The number of aromatic nitrogens is 1. The number of nitrogens with one attached hydrogen (secondary N) is 2. The van der Waals surface area contributed by atoms with Crippen LogP contribution >= 0.6 is 23.2 Å². The van der Waals surface area contributed by atoms with Crippen LogP contribution in [0.4, 0.5) is 11.5 Å². The molecule has 1 aromatic heterocycles. The molecule has 0 aliphatic rings. The molecule has 1 amide bonds. The van der Waals surface area contributed by atoms with Crippen LogP contribution in [0.15, 0.2) is 36.5 Å². The Morgan fingerprint density at radius 2 is 2.05 bits per heavy atom. The van der Waals surface area contributed by atoms with Crippen molar-refractivity contribution in [3.8, 4) is 0 Å². The van der Waals surface area contributed by atoms with Crippen molar-refractivity contribution in [2.75, 3.05) is 17.7 Å². The van der Waals surface area contributed by atoms with Gasteiger partial charge >= 0.3 is 0 Å². The number of carbonyl (C=O) groups excluding carboxylic acids is 1. The minimum absolute atomic E-state index is 0.275. The second-order valence-electron chi connectivity index (χ2n) is 3.74. The lowest BCUT2D eigenvalue weighted by molar-refractivity contribution is 0.102. The van der Waals surface area contributed by atoms with Gasteiger partial charge in [-0.2, -0.15) is 0 Å². The van der Waals surface area contributed by atoms with E-state index < -0.39 is 0 Å². The molecule has 0 radical (unpaired) electrons. The fourth-order valence-electron chi connectivity index (χ4n) is 1.50. The molecule has 0 spiro atoms. The number of hydrogen-bond acceptors (Lipinski definition) is 3. The fraction of sp³-hybridized carbons (Fsp3) is 0.0769. The first-order valence-corrected chi connectivity index (χ1v) is 6.26. The molecule has 4 nitrogen and oxygen atoms in total. The summed E-state index contributed by atoms with van der Waals surface area (Å²) in [4.78, 5) is 16.1. The van der Waals surface area contributed by atoms with E-state index in [1.165, 1.54) is 0 Å². The Bertz CT molecular complexity index is 617. The smallest absolute Gasteiger partial charge is 0.255 e. The van der Waals surface area contributed by atoms with Crippen LogP contribution in [0.3, 0.4) is 0 Å². The molecule has 98 valence electrons. The number of amides is 1. The van der Waals surface area contributed by atoms with Gasteiger partial charge in [-0.1, -0.05) is 29.3 Å². The number of halogens is 2. The average Bonchev–Trinajstić information content (AvgIpc) is 2.44. The zero-order valence-corrected chi connectivity index (χ0v) is 11.6. The third-order valence-electron chi connectivity index (χ3n) is 2.48. The highest BCUT2D eigenvalue weighted by molar-refractivity contribution is 6.44. The van der Waals surface area contributed by atoms with Crippen LogP contribution in [0, 0.1) is 0 Å². The Morgan fingerprint density at radius 3 is 2.79 bits per heavy atom. The molecule has 2 rings (SSSR count). The maximum absolute atomic E-state index is 12.1.